The van der Waals surface area contributed by atoms with Gasteiger partial charge in [-0.25, -0.2) is 9.78 Å². The molecule has 0 saturated carbocycles. The first-order valence-corrected chi connectivity index (χ1v) is 28.0. The summed E-state index contributed by atoms with van der Waals surface area (Å²) >= 11 is 0. The van der Waals surface area contributed by atoms with Gasteiger partial charge in [0.15, 0.2) is 11.9 Å². The zero-order chi connectivity index (χ0) is 64.1. The van der Waals surface area contributed by atoms with Crippen molar-refractivity contribution in [2.24, 2.45) is 62.3 Å². The maximum Gasteiger partial charge on any atom is 0.326 e. The molecular weight excluding hydrogens is 1100 g/mol. The summed E-state index contributed by atoms with van der Waals surface area (Å²) in [5, 5.41) is 63.8. The van der Waals surface area contributed by atoms with E-state index in [1.807, 2.05) is 13.8 Å². The van der Waals surface area contributed by atoms with Gasteiger partial charge in [0.25, 0.3) is 0 Å². The molecule has 476 valence electrons. The molecule has 1 aromatic rings. The highest BCUT2D eigenvalue weighted by Gasteiger charge is 2.38. The van der Waals surface area contributed by atoms with E-state index in [1.165, 1.54) is 19.4 Å². The number of aromatic amines is 1. The Balaban J connectivity index is 3.57. The number of carbonyl (C=O) groups is 10. The van der Waals surface area contributed by atoms with Gasteiger partial charge < -0.3 is 102 Å². The molecule has 0 fully saturated rings. The van der Waals surface area contributed by atoms with Crippen molar-refractivity contribution >= 4 is 71.1 Å². The number of aliphatic imine (C=N–C) groups is 2. The average molecular weight is 1200 g/mol. The molecule has 0 saturated heterocycles. The van der Waals surface area contributed by atoms with Crippen LogP contribution in [0.1, 0.15) is 120 Å². The summed E-state index contributed by atoms with van der Waals surface area (Å²) in [4.78, 5) is 151. The number of aliphatic hydroxyl groups excluding tert-OH is 3. The first kappa shape index (κ1) is 74.3. The summed E-state index contributed by atoms with van der Waals surface area (Å²) in [6.07, 6.45) is -0.687. The maximum atomic E-state index is 14.3. The van der Waals surface area contributed by atoms with Crippen molar-refractivity contribution in [1.82, 2.24) is 57.8 Å². The number of aliphatic carboxylic acids is 1. The molecule has 0 aliphatic carbocycles. The second kappa shape index (κ2) is 37.5. The van der Waals surface area contributed by atoms with Crippen LogP contribution in [0.4, 0.5) is 0 Å². The predicted octanol–water partition coefficient (Wildman–Crippen LogP) is -5.62. The van der Waals surface area contributed by atoms with Gasteiger partial charge in [0.2, 0.25) is 53.2 Å². The molecule has 1 rings (SSSR count). The lowest BCUT2D eigenvalue weighted by Gasteiger charge is -2.30. The van der Waals surface area contributed by atoms with Gasteiger partial charge in [-0.1, -0.05) is 55.4 Å². The summed E-state index contributed by atoms with van der Waals surface area (Å²) in [7, 11) is 0. The van der Waals surface area contributed by atoms with Crippen molar-refractivity contribution in [3.8, 4) is 0 Å². The second-order valence-corrected chi connectivity index (χ2v) is 22.2. The Morgan fingerprint density at radius 1 is 0.500 bits per heavy atom. The molecule has 0 aliphatic rings. The standard InChI is InChI=1S/C52H94N18O14/c1-24(2)17-31(53)41(74)62-33(14-12-16-60-52(56)57)43(76)69-40(29(10)73)49(82)65-35(20-30-21-58-23-61-30)45(78)70-39(28(9)72)48(81)63-32(13-11-15-59-51(54)55)42(75)64-34(18-25(3)4)44(77)68-38(27(7)8)47(80)67-37(22-71)46(79)66-36(50(83)84)19-26(5)6/h21,23-29,31-40,71-73H,11-20,22,53H2,1-10H3,(H,58,61)(H,62,74)(H,63,81)(H,64,75)(H,65,82)(H,66,79)(H,67,80)(H,68,77)(H,69,76)(H,70,78)(H,83,84)(H4,54,55,59)(H4,56,57,60)/t28-,29-,31+,32+,33+,34+,35+,36+,37+,38+,39+,40+/m1/s1. The van der Waals surface area contributed by atoms with E-state index in [0.717, 1.165) is 6.92 Å². The Morgan fingerprint density at radius 2 is 0.869 bits per heavy atom. The number of nitrogens with zero attached hydrogens (tertiary/aromatic N) is 3. The first-order valence-electron chi connectivity index (χ1n) is 28.0. The normalized spacial score (nSPS) is 15.6. The smallest absolute Gasteiger partial charge is 0.326 e. The van der Waals surface area contributed by atoms with Gasteiger partial charge in [-0.2, -0.15) is 0 Å². The Bertz CT molecular complexity index is 2360. The van der Waals surface area contributed by atoms with E-state index in [9.17, 15) is 68.4 Å². The molecular formula is C52H94N18O14. The van der Waals surface area contributed by atoms with Crippen molar-refractivity contribution in [1.29, 1.82) is 0 Å². The van der Waals surface area contributed by atoms with Crippen molar-refractivity contribution in [2.75, 3.05) is 19.7 Å². The topological polar surface area (TPSA) is 543 Å². The lowest BCUT2D eigenvalue weighted by molar-refractivity contribution is -0.143. The molecule has 12 atom stereocenters. The number of imidazole rings is 1. The molecule has 32 heteroatoms. The molecule has 0 unspecified atom stereocenters. The van der Waals surface area contributed by atoms with Gasteiger partial charge in [0, 0.05) is 31.4 Å². The zero-order valence-electron chi connectivity index (χ0n) is 49.8. The summed E-state index contributed by atoms with van der Waals surface area (Å²) in [5.41, 5.74) is 28.3. The number of nitrogens with two attached hydrogens (primary N) is 5. The molecule has 9 amide bonds. The van der Waals surface area contributed by atoms with Crippen LogP contribution in [-0.4, -0.2) is 194 Å². The molecule has 0 aliphatic heterocycles. The molecule has 84 heavy (non-hydrogen) atoms. The minimum atomic E-state index is -1.85. The number of aliphatic hydroxyl groups is 3. The zero-order valence-corrected chi connectivity index (χ0v) is 49.8. The van der Waals surface area contributed by atoms with Crippen LogP contribution in [-0.2, 0) is 54.4 Å². The third-order valence-electron chi connectivity index (χ3n) is 12.7. The number of hydrogen-bond acceptors (Lipinski definition) is 17. The number of aromatic nitrogens is 2. The lowest BCUT2D eigenvalue weighted by Crippen LogP contribution is -2.63. The van der Waals surface area contributed by atoms with E-state index < -0.39 is 144 Å². The fourth-order valence-electron chi connectivity index (χ4n) is 8.29. The maximum absolute atomic E-state index is 14.3. The van der Waals surface area contributed by atoms with Crippen LogP contribution in [0.15, 0.2) is 22.5 Å². The molecule has 0 spiro atoms. The van der Waals surface area contributed by atoms with Crippen molar-refractivity contribution in [3.63, 3.8) is 0 Å². The Hall–Kier alpha value is -7.71. The van der Waals surface area contributed by atoms with Crippen molar-refractivity contribution < 1.29 is 68.4 Å². The molecule has 1 heterocycles. The third kappa shape index (κ3) is 28.0. The van der Waals surface area contributed by atoms with Gasteiger partial charge in [-0.3, -0.25) is 53.1 Å². The van der Waals surface area contributed by atoms with Crippen LogP contribution in [0.5, 0.6) is 0 Å². The number of rotatable bonds is 39. The van der Waals surface area contributed by atoms with E-state index >= 15 is 0 Å². The van der Waals surface area contributed by atoms with Crippen molar-refractivity contribution in [3.05, 3.63) is 18.2 Å². The lowest BCUT2D eigenvalue weighted by atomic mass is 9.99. The summed E-state index contributed by atoms with van der Waals surface area (Å²) in [5.74, 6) is -11.4. The molecule has 0 radical (unpaired) electrons. The molecule has 24 N–H and O–H groups in total. The summed E-state index contributed by atoms with van der Waals surface area (Å²) in [6, 6.07) is -14.7. The quantitative estimate of drug-likeness (QED) is 0.0166. The Morgan fingerprint density at radius 3 is 1.29 bits per heavy atom. The third-order valence-corrected chi connectivity index (χ3v) is 12.7. The number of nitrogens with one attached hydrogen (secondary N) is 10. The van der Waals surface area contributed by atoms with Crippen LogP contribution in [0.25, 0.3) is 0 Å². The number of carboxylic acid groups (broad SMARTS) is 1. The van der Waals surface area contributed by atoms with E-state index in [-0.39, 0.29) is 99.8 Å². The number of carboxylic acids is 1. The summed E-state index contributed by atoms with van der Waals surface area (Å²) < 4.78 is 0. The number of guanidine groups is 2. The van der Waals surface area contributed by atoms with E-state index in [2.05, 4.69) is 67.8 Å². The minimum absolute atomic E-state index is 0.0207. The fraction of sp³-hybridized carbons (Fsp3) is 0.712. The highest BCUT2D eigenvalue weighted by Crippen LogP contribution is 2.13. The largest absolute Gasteiger partial charge is 0.480 e. The fourth-order valence-corrected chi connectivity index (χ4v) is 8.29. The molecule has 0 aromatic carbocycles. The van der Waals surface area contributed by atoms with Gasteiger partial charge in [0.1, 0.15) is 54.4 Å². The second-order valence-electron chi connectivity index (χ2n) is 22.2. The van der Waals surface area contributed by atoms with Crippen LogP contribution < -0.4 is 76.5 Å². The summed E-state index contributed by atoms with van der Waals surface area (Å²) in [6.45, 7) is 15.3. The predicted molar refractivity (Wildman–Crippen MR) is 309 cm³/mol. The molecule has 1 aromatic heterocycles. The van der Waals surface area contributed by atoms with Crippen LogP contribution in [0.2, 0.25) is 0 Å². The van der Waals surface area contributed by atoms with Crippen molar-refractivity contribution in [2.45, 2.75) is 193 Å². The highest BCUT2D eigenvalue weighted by atomic mass is 16.4. The molecule has 32 nitrogen and oxygen atoms in total. The molecule has 0 bridgehead atoms. The number of carbonyl (C=O) groups excluding carboxylic acids is 9. The van der Waals surface area contributed by atoms with Crippen LogP contribution >= 0.6 is 0 Å². The average Bonchev–Trinajstić information content (AvgIpc) is 4.07. The van der Waals surface area contributed by atoms with E-state index in [1.54, 1.807) is 41.5 Å². The Labute approximate surface area is 489 Å². The minimum Gasteiger partial charge on any atom is -0.480 e. The Kier molecular flexibility index (Phi) is 33.2. The monoisotopic (exact) mass is 1190 g/mol. The number of H-pyrrole nitrogens is 1. The first-order chi connectivity index (χ1) is 39.2. The number of hydrogen-bond donors (Lipinski definition) is 19. The van der Waals surface area contributed by atoms with Gasteiger partial charge in [-0.15, -0.1) is 0 Å². The van der Waals surface area contributed by atoms with E-state index in [0.29, 0.717) is 0 Å². The van der Waals surface area contributed by atoms with Gasteiger partial charge in [-0.05, 0) is 82.5 Å². The SMILES string of the molecule is CC(C)C[C@H](NC(=O)[C@H](CO)NC(=O)[C@@H](NC(=O)[C@H](CC(C)C)NC(=O)[C@H](CCCN=C(N)N)NC(=O)[C@@H](NC(=O)[C@H](Cc1cnc[nH]1)NC(=O)[C@@H](NC(=O)[C@H](CCCN=C(N)N)NC(=O)[C@@H](N)CC(C)C)[C@@H](C)O)[C@@H](C)O)C(C)C)C(=O)O. The number of amides is 9. The van der Waals surface area contributed by atoms with Gasteiger partial charge >= 0.3 is 5.97 Å². The highest BCUT2D eigenvalue weighted by molar-refractivity contribution is 5.99. The van der Waals surface area contributed by atoms with E-state index in [4.69, 9.17) is 28.7 Å². The van der Waals surface area contributed by atoms with Gasteiger partial charge in [0.05, 0.1) is 31.2 Å². The van der Waals surface area contributed by atoms with Crippen LogP contribution in [0, 0.1) is 23.7 Å². The van der Waals surface area contributed by atoms with Crippen LogP contribution in [0.3, 0.4) is 0 Å².